The van der Waals surface area contributed by atoms with Gasteiger partial charge in [-0.05, 0) is 12.3 Å². The summed E-state index contributed by atoms with van der Waals surface area (Å²) in [6, 6.07) is 1.92. The van der Waals surface area contributed by atoms with Gasteiger partial charge in [0.15, 0.2) is 5.65 Å². The lowest BCUT2D eigenvalue weighted by molar-refractivity contribution is 0.783. The molecule has 0 atom stereocenters. The monoisotopic (exact) mass is 257 g/mol. The fraction of sp³-hybridized carbons (Fsp3) is 0.455. The molecule has 0 saturated carbocycles. The molecule has 2 aromatic rings. The van der Waals surface area contributed by atoms with Crippen LogP contribution >= 0.6 is 23.2 Å². The topological polar surface area (TPSA) is 30.2 Å². The summed E-state index contributed by atoms with van der Waals surface area (Å²) in [5.74, 6) is 0.349. The molecule has 0 aliphatic rings. The highest BCUT2D eigenvalue weighted by Crippen LogP contribution is 2.26. The van der Waals surface area contributed by atoms with E-state index in [0.29, 0.717) is 21.9 Å². The highest BCUT2D eigenvalue weighted by atomic mass is 35.5. The van der Waals surface area contributed by atoms with Crippen molar-refractivity contribution in [2.24, 2.45) is 0 Å². The first kappa shape index (κ1) is 11.7. The summed E-state index contributed by atoms with van der Waals surface area (Å²) in [6.45, 7) is 6.16. The van der Waals surface area contributed by atoms with Crippen molar-refractivity contribution in [1.82, 2.24) is 14.6 Å². The van der Waals surface area contributed by atoms with Gasteiger partial charge < -0.3 is 0 Å². The van der Waals surface area contributed by atoms with Gasteiger partial charge in [0.2, 0.25) is 0 Å². The third-order valence-electron chi connectivity index (χ3n) is 2.55. The molecule has 0 aliphatic carbocycles. The molecule has 0 radical (unpaired) electrons. The smallest absolute Gasteiger partial charge is 0.158 e. The van der Waals surface area contributed by atoms with Crippen molar-refractivity contribution in [2.75, 3.05) is 0 Å². The first-order chi connectivity index (χ1) is 7.54. The number of hydrogen-bond acceptors (Lipinski definition) is 2. The fourth-order valence-corrected chi connectivity index (χ4v) is 2.27. The van der Waals surface area contributed by atoms with Gasteiger partial charge in [-0.25, -0.2) is 9.50 Å². The zero-order valence-electron chi connectivity index (χ0n) is 9.46. The summed E-state index contributed by atoms with van der Waals surface area (Å²) in [7, 11) is 0. The predicted molar refractivity (Wildman–Crippen MR) is 66.5 cm³/mol. The van der Waals surface area contributed by atoms with Crippen molar-refractivity contribution < 1.29 is 0 Å². The quantitative estimate of drug-likeness (QED) is 0.768. The molecule has 0 saturated heterocycles. The number of halogens is 2. The van der Waals surface area contributed by atoms with Crippen LogP contribution in [0.2, 0.25) is 10.3 Å². The van der Waals surface area contributed by atoms with Gasteiger partial charge in [-0.15, -0.1) is 0 Å². The molecule has 0 N–H and O–H groups in total. The maximum Gasteiger partial charge on any atom is 0.158 e. The van der Waals surface area contributed by atoms with Gasteiger partial charge in [0, 0.05) is 11.6 Å². The van der Waals surface area contributed by atoms with Crippen LogP contribution in [0.15, 0.2) is 6.07 Å². The van der Waals surface area contributed by atoms with Crippen LogP contribution in [0.25, 0.3) is 5.65 Å². The van der Waals surface area contributed by atoms with Crippen molar-refractivity contribution in [2.45, 2.75) is 33.1 Å². The third-order valence-corrected chi connectivity index (χ3v) is 3.25. The van der Waals surface area contributed by atoms with Gasteiger partial charge in [-0.1, -0.05) is 44.0 Å². The maximum absolute atomic E-state index is 6.24. The molecule has 2 aromatic heterocycles. The molecule has 2 rings (SSSR count). The average Bonchev–Trinajstić information content (AvgIpc) is 2.62. The van der Waals surface area contributed by atoms with E-state index in [0.717, 1.165) is 17.7 Å². The standard InChI is InChI=1S/C11H13Cl2N3/c1-4-7-10(12)14-9-5-8(6(2)3)15-16(9)11(7)13/h5-6H,4H2,1-3H3. The first-order valence-electron chi connectivity index (χ1n) is 5.28. The fourth-order valence-electron chi connectivity index (χ4n) is 1.57. The molecule has 0 bridgehead atoms. The summed E-state index contributed by atoms with van der Waals surface area (Å²) >= 11 is 12.3. The van der Waals surface area contributed by atoms with E-state index >= 15 is 0 Å². The summed E-state index contributed by atoms with van der Waals surface area (Å²) in [4.78, 5) is 4.29. The number of fused-ring (bicyclic) bond motifs is 1. The molecule has 16 heavy (non-hydrogen) atoms. The molecule has 0 fully saturated rings. The van der Waals surface area contributed by atoms with E-state index < -0.39 is 0 Å². The Kier molecular flexibility index (Phi) is 3.08. The molecular weight excluding hydrogens is 245 g/mol. The molecule has 0 unspecified atom stereocenters. The van der Waals surface area contributed by atoms with Crippen LogP contribution in [0.3, 0.4) is 0 Å². The van der Waals surface area contributed by atoms with Gasteiger partial charge in [0.25, 0.3) is 0 Å². The molecule has 2 heterocycles. The second-order valence-corrected chi connectivity index (χ2v) is 4.74. The van der Waals surface area contributed by atoms with Gasteiger partial charge in [-0.2, -0.15) is 5.10 Å². The Morgan fingerprint density at radius 2 is 2.06 bits per heavy atom. The number of rotatable bonds is 2. The van der Waals surface area contributed by atoms with Gasteiger partial charge in [0.05, 0.1) is 5.69 Å². The van der Waals surface area contributed by atoms with Gasteiger partial charge in [0.1, 0.15) is 10.3 Å². The lowest BCUT2D eigenvalue weighted by Gasteiger charge is -2.04. The number of aromatic nitrogens is 3. The first-order valence-corrected chi connectivity index (χ1v) is 6.03. The molecule has 0 aliphatic heterocycles. The zero-order chi connectivity index (χ0) is 11.9. The zero-order valence-corrected chi connectivity index (χ0v) is 11.0. The Morgan fingerprint density at radius 1 is 1.38 bits per heavy atom. The summed E-state index contributed by atoms with van der Waals surface area (Å²) in [5, 5.41) is 5.45. The summed E-state index contributed by atoms with van der Waals surface area (Å²) < 4.78 is 1.65. The largest absolute Gasteiger partial charge is 0.216 e. The number of hydrogen-bond donors (Lipinski definition) is 0. The highest BCUT2D eigenvalue weighted by Gasteiger charge is 2.14. The van der Waals surface area contributed by atoms with Crippen LogP contribution in [0.1, 0.15) is 37.9 Å². The van der Waals surface area contributed by atoms with Gasteiger partial charge in [-0.3, -0.25) is 0 Å². The highest BCUT2D eigenvalue weighted by molar-refractivity contribution is 6.34. The van der Waals surface area contributed by atoms with Crippen molar-refractivity contribution in [1.29, 1.82) is 0 Å². The van der Waals surface area contributed by atoms with E-state index in [1.807, 2.05) is 13.0 Å². The molecule has 0 aromatic carbocycles. The van der Waals surface area contributed by atoms with E-state index in [1.54, 1.807) is 4.52 Å². The predicted octanol–water partition coefficient (Wildman–Crippen LogP) is 3.72. The number of nitrogens with zero attached hydrogens (tertiary/aromatic N) is 3. The average molecular weight is 258 g/mol. The van der Waals surface area contributed by atoms with Gasteiger partial charge >= 0.3 is 0 Å². The Hall–Kier alpha value is -0.800. The normalized spacial score (nSPS) is 11.6. The lowest BCUT2D eigenvalue weighted by atomic mass is 10.1. The van der Waals surface area contributed by atoms with E-state index in [1.165, 1.54) is 0 Å². The van der Waals surface area contributed by atoms with Crippen molar-refractivity contribution >= 4 is 28.8 Å². The second-order valence-electron chi connectivity index (χ2n) is 4.02. The maximum atomic E-state index is 6.24. The summed E-state index contributed by atoms with van der Waals surface area (Å²) in [6.07, 6.45) is 0.747. The van der Waals surface area contributed by atoms with E-state index in [4.69, 9.17) is 23.2 Å². The molecular formula is C11H13Cl2N3. The Morgan fingerprint density at radius 3 is 2.62 bits per heavy atom. The third kappa shape index (κ3) is 1.78. The SMILES string of the molecule is CCc1c(Cl)nc2cc(C(C)C)nn2c1Cl. The van der Waals surface area contributed by atoms with Crippen LogP contribution in [0.4, 0.5) is 0 Å². The minimum Gasteiger partial charge on any atom is -0.216 e. The van der Waals surface area contributed by atoms with E-state index in [2.05, 4.69) is 23.9 Å². The van der Waals surface area contributed by atoms with Crippen LogP contribution < -0.4 is 0 Å². The van der Waals surface area contributed by atoms with Crippen LogP contribution in [0.5, 0.6) is 0 Å². The second kappa shape index (κ2) is 4.22. The minimum absolute atomic E-state index is 0.349. The van der Waals surface area contributed by atoms with Crippen LogP contribution in [-0.4, -0.2) is 14.6 Å². The minimum atomic E-state index is 0.349. The molecule has 5 heteroatoms. The molecule has 86 valence electrons. The Balaban J connectivity index is 2.73. The Labute approximate surface area is 104 Å². The van der Waals surface area contributed by atoms with E-state index in [9.17, 15) is 0 Å². The molecule has 3 nitrogen and oxygen atoms in total. The molecule has 0 amide bonds. The van der Waals surface area contributed by atoms with Crippen molar-refractivity contribution in [3.8, 4) is 0 Å². The van der Waals surface area contributed by atoms with Crippen LogP contribution in [0, 0.1) is 0 Å². The lowest BCUT2D eigenvalue weighted by Crippen LogP contribution is -1.99. The van der Waals surface area contributed by atoms with Crippen molar-refractivity contribution in [3.05, 3.63) is 27.6 Å². The van der Waals surface area contributed by atoms with Crippen molar-refractivity contribution in [3.63, 3.8) is 0 Å². The van der Waals surface area contributed by atoms with E-state index in [-0.39, 0.29) is 0 Å². The summed E-state index contributed by atoms with van der Waals surface area (Å²) in [5.41, 5.74) is 2.52. The Bertz CT molecular complexity index is 531. The molecule has 0 spiro atoms. The van der Waals surface area contributed by atoms with Crippen LogP contribution in [-0.2, 0) is 6.42 Å².